The standard InChI is InChI=1S/C16H15NS/c1-2-12-7-9-13(10-8-12)11-16-17-14-5-3-4-6-15(14)18-16/h3-10H,2,11H2,1H3. The zero-order valence-electron chi connectivity index (χ0n) is 10.4. The first-order chi connectivity index (χ1) is 8.85. The summed E-state index contributed by atoms with van der Waals surface area (Å²) in [6.07, 6.45) is 2.03. The Morgan fingerprint density at radius 2 is 1.67 bits per heavy atom. The van der Waals surface area contributed by atoms with Crippen LogP contribution < -0.4 is 0 Å². The van der Waals surface area contributed by atoms with E-state index in [0.29, 0.717) is 0 Å². The summed E-state index contributed by atoms with van der Waals surface area (Å²) in [5, 5.41) is 1.19. The number of aryl methyl sites for hydroxylation is 1. The topological polar surface area (TPSA) is 12.9 Å². The zero-order chi connectivity index (χ0) is 12.4. The van der Waals surface area contributed by atoms with Gasteiger partial charge >= 0.3 is 0 Å². The van der Waals surface area contributed by atoms with E-state index in [1.165, 1.54) is 20.8 Å². The van der Waals surface area contributed by atoms with Crippen molar-refractivity contribution in [1.82, 2.24) is 4.98 Å². The van der Waals surface area contributed by atoms with Gasteiger partial charge in [0, 0.05) is 6.42 Å². The Kier molecular flexibility index (Phi) is 3.11. The van der Waals surface area contributed by atoms with Crippen LogP contribution >= 0.6 is 11.3 Å². The van der Waals surface area contributed by atoms with Gasteiger partial charge < -0.3 is 0 Å². The summed E-state index contributed by atoms with van der Waals surface area (Å²) in [5.41, 5.74) is 3.84. The minimum absolute atomic E-state index is 0.934. The molecule has 90 valence electrons. The van der Waals surface area contributed by atoms with Crippen molar-refractivity contribution < 1.29 is 0 Å². The van der Waals surface area contributed by atoms with E-state index in [9.17, 15) is 0 Å². The van der Waals surface area contributed by atoms with E-state index in [2.05, 4.69) is 54.4 Å². The van der Waals surface area contributed by atoms with E-state index in [1.54, 1.807) is 11.3 Å². The van der Waals surface area contributed by atoms with Crippen molar-refractivity contribution in [3.8, 4) is 0 Å². The lowest BCUT2D eigenvalue weighted by molar-refractivity contribution is 1.11. The van der Waals surface area contributed by atoms with Crippen LogP contribution in [-0.2, 0) is 12.8 Å². The quantitative estimate of drug-likeness (QED) is 0.672. The van der Waals surface area contributed by atoms with Gasteiger partial charge in [-0.2, -0.15) is 0 Å². The molecule has 3 aromatic rings. The molecular weight excluding hydrogens is 238 g/mol. The minimum atomic E-state index is 0.934. The first kappa shape index (κ1) is 11.4. The third-order valence-electron chi connectivity index (χ3n) is 3.12. The predicted octanol–water partition coefficient (Wildman–Crippen LogP) is 4.45. The Morgan fingerprint density at radius 3 is 2.39 bits per heavy atom. The number of rotatable bonds is 3. The average Bonchev–Trinajstić information content (AvgIpc) is 2.82. The fourth-order valence-corrected chi connectivity index (χ4v) is 3.06. The van der Waals surface area contributed by atoms with Crippen LogP contribution in [-0.4, -0.2) is 4.98 Å². The van der Waals surface area contributed by atoms with Gasteiger partial charge in [-0.15, -0.1) is 11.3 Å². The van der Waals surface area contributed by atoms with Crippen molar-refractivity contribution in [2.45, 2.75) is 19.8 Å². The smallest absolute Gasteiger partial charge is 0.0982 e. The lowest BCUT2D eigenvalue weighted by Crippen LogP contribution is -1.87. The van der Waals surface area contributed by atoms with Crippen molar-refractivity contribution in [3.63, 3.8) is 0 Å². The molecule has 0 saturated carbocycles. The van der Waals surface area contributed by atoms with Gasteiger partial charge in [-0.1, -0.05) is 43.3 Å². The average molecular weight is 253 g/mol. The number of para-hydroxylation sites is 1. The largest absolute Gasteiger partial charge is 0.241 e. The van der Waals surface area contributed by atoms with E-state index in [4.69, 9.17) is 0 Å². The van der Waals surface area contributed by atoms with Crippen LogP contribution in [0.15, 0.2) is 48.5 Å². The van der Waals surface area contributed by atoms with E-state index >= 15 is 0 Å². The molecule has 0 fully saturated rings. The normalized spacial score (nSPS) is 10.9. The van der Waals surface area contributed by atoms with Crippen molar-refractivity contribution in [2.75, 3.05) is 0 Å². The van der Waals surface area contributed by atoms with Crippen LogP contribution in [0, 0.1) is 0 Å². The molecule has 0 atom stereocenters. The van der Waals surface area contributed by atoms with Crippen LogP contribution in [0.3, 0.4) is 0 Å². The fraction of sp³-hybridized carbons (Fsp3) is 0.188. The molecule has 0 aliphatic heterocycles. The fourth-order valence-electron chi connectivity index (χ4n) is 2.06. The summed E-state index contributed by atoms with van der Waals surface area (Å²) in [6, 6.07) is 17.2. The highest BCUT2D eigenvalue weighted by Crippen LogP contribution is 2.23. The molecule has 18 heavy (non-hydrogen) atoms. The summed E-state index contributed by atoms with van der Waals surface area (Å²) in [4.78, 5) is 4.67. The van der Waals surface area contributed by atoms with Crippen LogP contribution in [0.4, 0.5) is 0 Å². The van der Waals surface area contributed by atoms with Crippen LogP contribution in [0.2, 0.25) is 0 Å². The minimum Gasteiger partial charge on any atom is -0.241 e. The maximum Gasteiger partial charge on any atom is 0.0982 e. The molecule has 0 unspecified atom stereocenters. The van der Waals surface area contributed by atoms with Gasteiger partial charge in [0.15, 0.2) is 0 Å². The first-order valence-electron chi connectivity index (χ1n) is 6.27. The zero-order valence-corrected chi connectivity index (χ0v) is 11.2. The Balaban J connectivity index is 1.86. The van der Waals surface area contributed by atoms with Gasteiger partial charge in [-0.05, 0) is 29.7 Å². The second-order valence-corrected chi connectivity index (χ2v) is 5.54. The molecule has 0 N–H and O–H groups in total. The molecule has 2 heteroatoms. The van der Waals surface area contributed by atoms with Gasteiger partial charge in [0.1, 0.15) is 0 Å². The van der Waals surface area contributed by atoms with Gasteiger partial charge in [0.25, 0.3) is 0 Å². The third kappa shape index (κ3) is 2.29. The molecule has 0 bridgehead atoms. The Bertz CT molecular complexity index is 619. The maximum absolute atomic E-state index is 4.67. The molecule has 0 spiro atoms. The monoisotopic (exact) mass is 253 g/mol. The molecular formula is C16H15NS. The molecule has 1 nitrogen and oxygen atoms in total. The van der Waals surface area contributed by atoms with Crippen molar-refractivity contribution in [1.29, 1.82) is 0 Å². The highest BCUT2D eigenvalue weighted by molar-refractivity contribution is 7.18. The van der Waals surface area contributed by atoms with Crippen LogP contribution in [0.25, 0.3) is 10.2 Å². The summed E-state index contributed by atoms with van der Waals surface area (Å²) in [7, 11) is 0. The summed E-state index contributed by atoms with van der Waals surface area (Å²) < 4.78 is 1.28. The van der Waals surface area contributed by atoms with Crippen LogP contribution in [0.1, 0.15) is 23.1 Å². The van der Waals surface area contributed by atoms with Crippen molar-refractivity contribution in [2.24, 2.45) is 0 Å². The summed E-state index contributed by atoms with van der Waals surface area (Å²) in [5.74, 6) is 0. The molecule has 0 saturated heterocycles. The molecule has 3 rings (SSSR count). The number of aromatic nitrogens is 1. The molecule has 0 radical (unpaired) electrons. The van der Waals surface area contributed by atoms with E-state index in [1.807, 2.05) is 6.07 Å². The van der Waals surface area contributed by atoms with Gasteiger partial charge in [-0.3, -0.25) is 0 Å². The number of hydrogen-bond acceptors (Lipinski definition) is 2. The molecule has 2 aromatic carbocycles. The highest BCUT2D eigenvalue weighted by atomic mass is 32.1. The summed E-state index contributed by atoms with van der Waals surface area (Å²) in [6.45, 7) is 2.18. The highest BCUT2D eigenvalue weighted by Gasteiger charge is 2.04. The molecule has 1 heterocycles. The molecule has 0 amide bonds. The lowest BCUT2D eigenvalue weighted by atomic mass is 10.1. The number of benzene rings is 2. The second kappa shape index (κ2) is 4.91. The SMILES string of the molecule is CCc1ccc(Cc2nc3ccccc3s2)cc1. The first-order valence-corrected chi connectivity index (χ1v) is 7.09. The Hall–Kier alpha value is -1.67. The third-order valence-corrected chi connectivity index (χ3v) is 4.16. The molecule has 0 aliphatic carbocycles. The van der Waals surface area contributed by atoms with E-state index < -0.39 is 0 Å². The van der Waals surface area contributed by atoms with Crippen LogP contribution in [0.5, 0.6) is 0 Å². The number of thiazole rings is 1. The molecule has 1 aromatic heterocycles. The maximum atomic E-state index is 4.67. The number of nitrogens with zero attached hydrogens (tertiary/aromatic N) is 1. The van der Waals surface area contributed by atoms with Gasteiger partial charge in [-0.25, -0.2) is 4.98 Å². The van der Waals surface area contributed by atoms with Gasteiger partial charge in [0.05, 0.1) is 15.2 Å². The lowest BCUT2D eigenvalue weighted by Gasteiger charge is -2.00. The van der Waals surface area contributed by atoms with Crippen molar-refractivity contribution >= 4 is 21.6 Å². The predicted molar refractivity (Wildman–Crippen MR) is 78.2 cm³/mol. The molecule has 0 aliphatic rings. The van der Waals surface area contributed by atoms with Crippen molar-refractivity contribution in [3.05, 3.63) is 64.7 Å². The summed E-state index contributed by atoms with van der Waals surface area (Å²) >= 11 is 1.79. The van der Waals surface area contributed by atoms with E-state index in [0.717, 1.165) is 18.4 Å². The van der Waals surface area contributed by atoms with Gasteiger partial charge in [0.2, 0.25) is 0 Å². The number of fused-ring (bicyclic) bond motifs is 1. The second-order valence-electron chi connectivity index (χ2n) is 4.42. The van der Waals surface area contributed by atoms with E-state index in [-0.39, 0.29) is 0 Å². The number of hydrogen-bond donors (Lipinski definition) is 0. The Morgan fingerprint density at radius 1 is 0.944 bits per heavy atom. The Labute approximate surface area is 111 Å².